The van der Waals surface area contributed by atoms with E-state index >= 15 is 0 Å². The van der Waals surface area contributed by atoms with E-state index in [-0.39, 0.29) is 6.61 Å². The molecule has 7 nitrogen and oxygen atoms in total. The number of thioether (sulfide) groups is 1. The molecule has 3 N–H and O–H groups in total. The summed E-state index contributed by atoms with van der Waals surface area (Å²) in [5.74, 6) is 0.715. The quantitative estimate of drug-likeness (QED) is 0.567. The predicted octanol–water partition coefficient (Wildman–Crippen LogP) is 1.71. The van der Waals surface area contributed by atoms with E-state index in [9.17, 15) is 15.3 Å². The molecule has 1 aliphatic rings. The van der Waals surface area contributed by atoms with E-state index in [2.05, 4.69) is 9.36 Å². The van der Waals surface area contributed by atoms with Gasteiger partial charge >= 0.3 is 0 Å². The number of aromatic nitrogens is 3. The van der Waals surface area contributed by atoms with Crippen molar-refractivity contribution in [3.8, 4) is 0 Å². The molecule has 0 unspecified atom stereocenters. The van der Waals surface area contributed by atoms with Gasteiger partial charge in [-0.25, -0.2) is 4.98 Å². The molecule has 0 saturated carbocycles. The van der Waals surface area contributed by atoms with Crippen LogP contribution in [0, 0.1) is 6.92 Å². The minimum atomic E-state index is -1.15. The van der Waals surface area contributed by atoms with E-state index in [1.54, 1.807) is 4.57 Å². The maximum Gasteiger partial charge on any atom is 0.172 e. The largest absolute Gasteiger partial charge is 0.394 e. The van der Waals surface area contributed by atoms with Gasteiger partial charge in [0.1, 0.15) is 28.7 Å². The van der Waals surface area contributed by atoms with E-state index in [1.165, 1.54) is 23.3 Å². The lowest BCUT2D eigenvalue weighted by atomic mass is 10.1. The Morgan fingerprint density at radius 3 is 2.69 bits per heavy atom. The fraction of sp³-hybridized carbons (Fsp3) is 0.412. The van der Waals surface area contributed by atoms with Gasteiger partial charge in [-0.15, -0.1) is 0 Å². The Hall–Kier alpha value is -1.49. The highest BCUT2D eigenvalue weighted by Crippen LogP contribution is 2.38. The van der Waals surface area contributed by atoms with E-state index < -0.39 is 24.5 Å². The number of imidazole rings is 1. The number of hydrogen-bond acceptors (Lipinski definition) is 8. The van der Waals surface area contributed by atoms with E-state index in [4.69, 9.17) is 4.74 Å². The van der Waals surface area contributed by atoms with Gasteiger partial charge in [-0.05, 0) is 24.0 Å². The molecule has 0 amide bonds. The van der Waals surface area contributed by atoms with Crippen molar-refractivity contribution in [1.82, 2.24) is 13.9 Å². The molecule has 0 bridgehead atoms. The summed E-state index contributed by atoms with van der Waals surface area (Å²) in [5.41, 5.74) is 2.74. The summed E-state index contributed by atoms with van der Waals surface area (Å²) >= 11 is 2.82. The first-order valence-corrected chi connectivity index (χ1v) is 9.99. The molecule has 26 heavy (non-hydrogen) atoms. The predicted molar refractivity (Wildman–Crippen MR) is 99.2 cm³/mol. The molecular formula is C17H19N3O4S2. The number of fused-ring (bicyclic) bond motifs is 1. The van der Waals surface area contributed by atoms with Crippen LogP contribution in [0.25, 0.3) is 10.3 Å². The molecule has 4 rings (SSSR count). The van der Waals surface area contributed by atoms with Crippen molar-refractivity contribution in [3.05, 3.63) is 41.6 Å². The molecule has 4 atom stereocenters. The number of aryl methyl sites for hydroxylation is 1. The van der Waals surface area contributed by atoms with Gasteiger partial charge < -0.3 is 20.1 Å². The van der Waals surface area contributed by atoms with Crippen LogP contribution < -0.4 is 0 Å². The minimum absolute atomic E-state index is 0.360. The summed E-state index contributed by atoms with van der Waals surface area (Å²) in [6, 6.07) is 10.0. The molecule has 0 spiro atoms. The lowest BCUT2D eigenvalue weighted by molar-refractivity contribution is -0.0543. The van der Waals surface area contributed by atoms with Crippen LogP contribution >= 0.6 is 23.3 Å². The monoisotopic (exact) mass is 393 g/mol. The third-order valence-corrected chi connectivity index (χ3v) is 6.38. The molecular weight excluding hydrogens is 374 g/mol. The number of benzene rings is 1. The second-order valence-electron chi connectivity index (χ2n) is 6.19. The van der Waals surface area contributed by atoms with Crippen LogP contribution in [0.2, 0.25) is 0 Å². The topological polar surface area (TPSA) is 101 Å². The number of ether oxygens (including phenoxy) is 1. The standard InChI is InChI=1S/C17H19N3O4S2/c1-9-12-16(26-19-9)20(15-14(23)13(22)11(7-21)24-15)17(18-12)25-8-10-5-3-2-4-6-10/h2-6,11,13-15,21-23H,7-8H2,1H3/t11-,13-,14+,15-/m1/s1. The highest BCUT2D eigenvalue weighted by Gasteiger charge is 2.45. The summed E-state index contributed by atoms with van der Waals surface area (Å²) in [6.07, 6.45) is -3.94. The van der Waals surface area contributed by atoms with Crippen molar-refractivity contribution in [2.24, 2.45) is 0 Å². The number of aliphatic hydroxyl groups excluding tert-OH is 3. The van der Waals surface area contributed by atoms with Crippen molar-refractivity contribution in [2.45, 2.75) is 42.4 Å². The Kier molecular flexibility index (Phi) is 5.00. The first-order valence-electron chi connectivity index (χ1n) is 8.23. The molecule has 1 aromatic carbocycles. The minimum Gasteiger partial charge on any atom is -0.394 e. The SMILES string of the molecule is Cc1nsc2c1nc(SCc1ccccc1)n2[C@@H]1O[C@H](CO)[C@@H](O)[C@@H]1O. The van der Waals surface area contributed by atoms with Crippen molar-refractivity contribution < 1.29 is 20.1 Å². The first-order chi connectivity index (χ1) is 12.6. The molecule has 1 aliphatic heterocycles. The summed E-state index contributed by atoms with van der Waals surface area (Å²) < 4.78 is 11.8. The number of hydrogen-bond donors (Lipinski definition) is 3. The van der Waals surface area contributed by atoms with Gasteiger partial charge in [0, 0.05) is 5.75 Å². The number of aliphatic hydroxyl groups is 3. The van der Waals surface area contributed by atoms with Crippen LogP contribution in [0.1, 0.15) is 17.5 Å². The van der Waals surface area contributed by atoms with Gasteiger partial charge in [0.15, 0.2) is 11.4 Å². The maximum absolute atomic E-state index is 10.4. The van der Waals surface area contributed by atoms with Gasteiger partial charge in [0.2, 0.25) is 0 Å². The molecule has 1 saturated heterocycles. The van der Waals surface area contributed by atoms with E-state index in [1.807, 2.05) is 37.3 Å². The Labute approximate surface area is 158 Å². The van der Waals surface area contributed by atoms with Crippen LogP contribution in [0.4, 0.5) is 0 Å². The second-order valence-corrected chi connectivity index (χ2v) is 7.88. The zero-order chi connectivity index (χ0) is 18.3. The van der Waals surface area contributed by atoms with Gasteiger partial charge in [0.05, 0.1) is 12.3 Å². The van der Waals surface area contributed by atoms with Gasteiger partial charge in [-0.2, -0.15) is 4.37 Å². The smallest absolute Gasteiger partial charge is 0.172 e. The Morgan fingerprint density at radius 2 is 2.00 bits per heavy atom. The zero-order valence-electron chi connectivity index (χ0n) is 14.0. The van der Waals surface area contributed by atoms with Crippen LogP contribution in [0.5, 0.6) is 0 Å². The third-order valence-electron chi connectivity index (χ3n) is 4.43. The highest BCUT2D eigenvalue weighted by molar-refractivity contribution is 7.98. The average Bonchev–Trinajstić information content (AvgIpc) is 3.29. The first kappa shape index (κ1) is 17.9. The fourth-order valence-corrected chi connectivity index (χ4v) is 4.92. The van der Waals surface area contributed by atoms with Crippen molar-refractivity contribution in [2.75, 3.05) is 6.61 Å². The van der Waals surface area contributed by atoms with Crippen molar-refractivity contribution in [3.63, 3.8) is 0 Å². The average molecular weight is 393 g/mol. The van der Waals surface area contributed by atoms with Crippen LogP contribution in [0.15, 0.2) is 35.5 Å². The maximum atomic E-state index is 10.4. The second kappa shape index (κ2) is 7.26. The Balaban J connectivity index is 1.70. The van der Waals surface area contributed by atoms with E-state index in [0.717, 1.165) is 21.6 Å². The summed E-state index contributed by atoms with van der Waals surface area (Å²) in [7, 11) is 0. The van der Waals surface area contributed by atoms with Gasteiger partial charge in [-0.3, -0.25) is 4.57 Å². The zero-order valence-corrected chi connectivity index (χ0v) is 15.7. The molecule has 3 aromatic rings. The molecule has 2 aromatic heterocycles. The summed E-state index contributed by atoms with van der Waals surface area (Å²) in [5, 5.41) is 30.6. The van der Waals surface area contributed by atoms with Crippen molar-refractivity contribution in [1.29, 1.82) is 0 Å². The number of nitrogens with zero attached hydrogens (tertiary/aromatic N) is 3. The molecule has 138 valence electrons. The number of rotatable bonds is 5. The Morgan fingerprint density at radius 1 is 1.23 bits per heavy atom. The highest BCUT2D eigenvalue weighted by atomic mass is 32.2. The Bertz CT molecular complexity index is 898. The lowest BCUT2D eigenvalue weighted by Crippen LogP contribution is -2.33. The van der Waals surface area contributed by atoms with Crippen LogP contribution in [0.3, 0.4) is 0 Å². The molecule has 0 radical (unpaired) electrons. The molecule has 1 fully saturated rings. The normalized spacial score (nSPS) is 26.0. The van der Waals surface area contributed by atoms with E-state index in [0.29, 0.717) is 10.9 Å². The lowest BCUT2D eigenvalue weighted by Gasteiger charge is -2.18. The van der Waals surface area contributed by atoms with Gasteiger partial charge in [0.25, 0.3) is 0 Å². The third kappa shape index (κ3) is 3.04. The molecule has 9 heteroatoms. The molecule has 3 heterocycles. The van der Waals surface area contributed by atoms with Crippen LogP contribution in [-0.2, 0) is 10.5 Å². The van der Waals surface area contributed by atoms with Crippen LogP contribution in [-0.4, -0.2) is 54.2 Å². The summed E-state index contributed by atoms with van der Waals surface area (Å²) in [6.45, 7) is 1.53. The van der Waals surface area contributed by atoms with Crippen molar-refractivity contribution >= 4 is 33.6 Å². The van der Waals surface area contributed by atoms with Gasteiger partial charge in [-0.1, -0.05) is 42.1 Å². The summed E-state index contributed by atoms with van der Waals surface area (Å²) in [4.78, 5) is 5.47. The fourth-order valence-electron chi connectivity index (χ4n) is 3.02. The molecule has 0 aliphatic carbocycles.